The van der Waals surface area contributed by atoms with E-state index >= 15 is 0 Å². The minimum Gasteiger partial charge on any atom is -0.489 e. The van der Waals surface area contributed by atoms with Crippen LogP contribution in [0.15, 0.2) is 42.2 Å². The first-order valence-corrected chi connectivity index (χ1v) is 4.80. The first-order chi connectivity index (χ1) is 7.36. The van der Waals surface area contributed by atoms with Gasteiger partial charge in [-0.05, 0) is 18.2 Å². The fourth-order valence-corrected chi connectivity index (χ4v) is 1.86. The summed E-state index contributed by atoms with van der Waals surface area (Å²) in [7, 11) is 0. The summed E-state index contributed by atoms with van der Waals surface area (Å²) in [6.07, 6.45) is 3.74. The number of amides is 1. The first-order valence-electron chi connectivity index (χ1n) is 4.80. The van der Waals surface area contributed by atoms with E-state index < -0.39 is 0 Å². The first kappa shape index (κ1) is 8.29. The van der Waals surface area contributed by atoms with Crippen LogP contribution in [0.2, 0.25) is 0 Å². The van der Waals surface area contributed by atoms with E-state index in [1.807, 2.05) is 36.4 Å². The van der Waals surface area contributed by atoms with Crippen LogP contribution in [0.1, 0.15) is 5.56 Å². The number of ether oxygens (including phenoxy) is 1. The average molecular weight is 199 g/mol. The molecule has 2 heterocycles. The van der Waals surface area contributed by atoms with Crippen molar-refractivity contribution in [3.05, 3.63) is 47.7 Å². The van der Waals surface area contributed by atoms with E-state index in [-0.39, 0.29) is 5.91 Å². The summed E-state index contributed by atoms with van der Waals surface area (Å²) in [5, 5.41) is 2.81. The predicted octanol–water partition coefficient (Wildman–Crippen LogP) is 1.94. The maximum atomic E-state index is 11.7. The van der Waals surface area contributed by atoms with Crippen molar-refractivity contribution in [1.29, 1.82) is 0 Å². The normalized spacial score (nSPS) is 22.5. The highest BCUT2D eigenvalue weighted by Gasteiger charge is 2.27. The van der Waals surface area contributed by atoms with Gasteiger partial charge in [0.25, 0.3) is 5.91 Å². The van der Waals surface area contributed by atoms with Crippen molar-refractivity contribution in [2.75, 3.05) is 11.9 Å². The summed E-state index contributed by atoms with van der Waals surface area (Å²) in [5.41, 5.74) is 2.41. The Labute approximate surface area is 87.1 Å². The zero-order valence-corrected chi connectivity index (χ0v) is 7.99. The molecule has 3 heteroatoms. The zero-order valence-electron chi connectivity index (χ0n) is 7.99. The number of nitrogens with one attached hydrogen (secondary N) is 1. The van der Waals surface area contributed by atoms with Gasteiger partial charge in [-0.2, -0.15) is 0 Å². The zero-order chi connectivity index (χ0) is 10.3. The summed E-state index contributed by atoms with van der Waals surface area (Å²) >= 11 is 0. The molecule has 0 radical (unpaired) electrons. The number of allylic oxidation sites excluding steroid dienone is 1. The third kappa shape index (κ3) is 1.16. The Hall–Kier alpha value is -2.03. The van der Waals surface area contributed by atoms with E-state index in [0.29, 0.717) is 17.9 Å². The quantitative estimate of drug-likeness (QED) is 0.648. The molecule has 0 saturated heterocycles. The fourth-order valence-electron chi connectivity index (χ4n) is 1.86. The molecule has 3 rings (SSSR count). The van der Waals surface area contributed by atoms with Crippen LogP contribution in [-0.4, -0.2) is 12.5 Å². The highest BCUT2D eigenvalue weighted by atomic mass is 16.5. The van der Waals surface area contributed by atoms with Gasteiger partial charge in [0.15, 0.2) is 0 Å². The number of benzene rings is 1. The van der Waals surface area contributed by atoms with E-state index in [4.69, 9.17) is 4.74 Å². The summed E-state index contributed by atoms with van der Waals surface area (Å²) < 4.78 is 5.37. The molecular formula is C12H9NO2. The number of anilines is 1. The molecule has 3 nitrogen and oxygen atoms in total. The molecule has 0 saturated carbocycles. The Balaban J connectivity index is 2.22. The molecule has 1 aromatic rings. The van der Waals surface area contributed by atoms with Crippen LogP contribution in [0.5, 0.6) is 0 Å². The number of carbonyl (C=O) groups excluding carboxylic acids is 1. The van der Waals surface area contributed by atoms with Crippen LogP contribution in [0.25, 0.3) is 5.57 Å². The Morgan fingerprint density at radius 3 is 2.93 bits per heavy atom. The molecule has 0 spiro atoms. The van der Waals surface area contributed by atoms with Crippen molar-refractivity contribution >= 4 is 17.2 Å². The molecule has 2 aliphatic heterocycles. The molecule has 15 heavy (non-hydrogen) atoms. The van der Waals surface area contributed by atoms with Gasteiger partial charge in [0.05, 0.1) is 5.57 Å². The highest BCUT2D eigenvalue weighted by molar-refractivity contribution is 6.32. The summed E-state index contributed by atoms with van der Waals surface area (Å²) in [4.78, 5) is 11.7. The van der Waals surface area contributed by atoms with Gasteiger partial charge >= 0.3 is 0 Å². The minimum absolute atomic E-state index is 0.0854. The van der Waals surface area contributed by atoms with Crippen LogP contribution in [0.4, 0.5) is 5.69 Å². The summed E-state index contributed by atoms with van der Waals surface area (Å²) in [5.74, 6) is 0.579. The molecule has 1 aromatic carbocycles. The van der Waals surface area contributed by atoms with Crippen molar-refractivity contribution in [1.82, 2.24) is 0 Å². The second-order valence-electron chi connectivity index (χ2n) is 3.45. The maximum absolute atomic E-state index is 11.7. The van der Waals surface area contributed by atoms with Gasteiger partial charge in [0.1, 0.15) is 12.4 Å². The lowest BCUT2D eigenvalue weighted by Crippen LogP contribution is -2.05. The van der Waals surface area contributed by atoms with E-state index in [2.05, 4.69) is 5.32 Å². The Kier molecular flexibility index (Phi) is 1.65. The van der Waals surface area contributed by atoms with Crippen molar-refractivity contribution in [3.63, 3.8) is 0 Å². The minimum atomic E-state index is -0.0854. The molecule has 1 amide bonds. The number of rotatable bonds is 0. The van der Waals surface area contributed by atoms with Crippen LogP contribution in [0.3, 0.4) is 0 Å². The molecular weight excluding hydrogens is 190 g/mol. The molecule has 1 N–H and O–H groups in total. The lowest BCUT2D eigenvalue weighted by molar-refractivity contribution is -0.110. The topological polar surface area (TPSA) is 38.3 Å². The number of para-hydroxylation sites is 1. The number of hydrogen-bond acceptors (Lipinski definition) is 2. The van der Waals surface area contributed by atoms with E-state index in [0.717, 1.165) is 11.3 Å². The third-order valence-corrected chi connectivity index (χ3v) is 2.52. The fraction of sp³-hybridized carbons (Fsp3) is 0.0833. The van der Waals surface area contributed by atoms with Crippen LogP contribution >= 0.6 is 0 Å². The van der Waals surface area contributed by atoms with Crippen LogP contribution in [-0.2, 0) is 9.53 Å². The highest BCUT2D eigenvalue weighted by Crippen LogP contribution is 2.34. The monoisotopic (exact) mass is 199 g/mol. The van der Waals surface area contributed by atoms with Crippen molar-refractivity contribution in [2.24, 2.45) is 0 Å². The Morgan fingerprint density at radius 2 is 2.13 bits per heavy atom. The maximum Gasteiger partial charge on any atom is 0.260 e. The van der Waals surface area contributed by atoms with Crippen molar-refractivity contribution in [3.8, 4) is 0 Å². The van der Waals surface area contributed by atoms with Gasteiger partial charge in [0.2, 0.25) is 0 Å². The Bertz CT molecular complexity index is 500. The van der Waals surface area contributed by atoms with E-state index in [1.54, 1.807) is 0 Å². The molecule has 2 aliphatic rings. The molecule has 0 aromatic heterocycles. The molecule has 0 aliphatic carbocycles. The van der Waals surface area contributed by atoms with Gasteiger partial charge in [-0.1, -0.05) is 18.2 Å². The smallest absolute Gasteiger partial charge is 0.260 e. The molecule has 0 bridgehead atoms. The third-order valence-electron chi connectivity index (χ3n) is 2.52. The average Bonchev–Trinajstić information content (AvgIpc) is 2.82. The van der Waals surface area contributed by atoms with Crippen molar-refractivity contribution < 1.29 is 9.53 Å². The molecule has 0 unspecified atom stereocenters. The summed E-state index contributed by atoms with van der Waals surface area (Å²) in [6.45, 7) is 0.550. The molecule has 74 valence electrons. The Morgan fingerprint density at radius 1 is 1.27 bits per heavy atom. The lowest BCUT2D eigenvalue weighted by Gasteiger charge is -2.01. The van der Waals surface area contributed by atoms with E-state index in [9.17, 15) is 4.79 Å². The van der Waals surface area contributed by atoms with Crippen molar-refractivity contribution in [2.45, 2.75) is 0 Å². The van der Waals surface area contributed by atoms with Gasteiger partial charge in [-0.3, -0.25) is 4.79 Å². The summed E-state index contributed by atoms with van der Waals surface area (Å²) in [6, 6.07) is 7.63. The van der Waals surface area contributed by atoms with Crippen LogP contribution in [0, 0.1) is 0 Å². The second-order valence-corrected chi connectivity index (χ2v) is 3.45. The molecule has 0 fully saturated rings. The number of hydrogen-bond donors (Lipinski definition) is 1. The number of carbonyl (C=O) groups is 1. The lowest BCUT2D eigenvalue weighted by atomic mass is 10.1. The van der Waals surface area contributed by atoms with Gasteiger partial charge < -0.3 is 10.1 Å². The second kappa shape index (κ2) is 2.98. The predicted molar refractivity (Wildman–Crippen MR) is 57.1 cm³/mol. The van der Waals surface area contributed by atoms with E-state index in [1.165, 1.54) is 0 Å². The van der Waals surface area contributed by atoms with Crippen LogP contribution < -0.4 is 5.32 Å². The van der Waals surface area contributed by atoms with Gasteiger partial charge in [-0.15, -0.1) is 0 Å². The van der Waals surface area contributed by atoms with Gasteiger partial charge in [-0.25, -0.2) is 0 Å². The number of fused-ring (bicyclic) bond motifs is 1. The SMILES string of the molecule is O=C1Nc2ccccc2C1=C1C=CCO1. The molecule has 0 atom stereocenters. The van der Waals surface area contributed by atoms with Gasteiger partial charge in [0, 0.05) is 11.3 Å². The largest absolute Gasteiger partial charge is 0.489 e. The standard InChI is InChI=1S/C12H9NO2/c14-12-11(10-6-3-7-15-10)8-4-1-2-5-9(8)13-12/h1-6H,7H2,(H,13,14).